The molecule has 0 saturated carbocycles. The van der Waals surface area contributed by atoms with Crippen molar-refractivity contribution in [1.82, 2.24) is 9.55 Å². The van der Waals surface area contributed by atoms with Crippen molar-refractivity contribution in [2.45, 2.75) is 17.8 Å². The van der Waals surface area contributed by atoms with Gasteiger partial charge in [0.2, 0.25) is 5.91 Å². The zero-order chi connectivity index (χ0) is 21.3. The van der Waals surface area contributed by atoms with Crippen LogP contribution in [0.1, 0.15) is 21.5 Å². The summed E-state index contributed by atoms with van der Waals surface area (Å²) in [6.07, 6.45) is 0. The summed E-state index contributed by atoms with van der Waals surface area (Å²) in [6, 6.07) is 19.9. The van der Waals surface area contributed by atoms with Crippen molar-refractivity contribution < 1.29 is 4.79 Å². The molecule has 7 heteroatoms. The Bertz CT molecular complexity index is 1320. The summed E-state index contributed by atoms with van der Waals surface area (Å²) in [5, 5.41) is 1.61. The van der Waals surface area contributed by atoms with Crippen molar-refractivity contribution in [2.24, 2.45) is 5.73 Å². The number of fused-ring (bicyclic) bond motifs is 1. The fourth-order valence-electron chi connectivity index (χ4n) is 3.14. The van der Waals surface area contributed by atoms with Crippen LogP contribution in [0.3, 0.4) is 0 Å². The predicted octanol–water partition coefficient (Wildman–Crippen LogP) is 4.74. The monoisotopic (exact) mass is 435 g/mol. The number of nitrogens with two attached hydrogens (primary N) is 1. The first-order valence-electron chi connectivity index (χ1n) is 9.23. The van der Waals surface area contributed by atoms with E-state index in [-0.39, 0.29) is 5.56 Å². The minimum absolute atomic E-state index is 0.145. The number of hydrogen-bond acceptors (Lipinski definition) is 4. The molecule has 150 valence electrons. The van der Waals surface area contributed by atoms with E-state index < -0.39 is 5.91 Å². The molecule has 1 aromatic heterocycles. The van der Waals surface area contributed by atoms with Gasteiger partial charge in [0, 0.05) is 16.3 Å². The van der Waals surface area contributed by atoms with Crippen LogP contribution in [0.2, 0.25) is 5.02 Å². The topological polar surface area (TPSA) is 78.0 Å². The maximum atomic E-state index is 13.3. The van der Waals surface area contributed by atoms with Crippen LogP contribution in [0.4, 0.5) is 0 Å². The number of aryl methyl sites for hydroxylation is 1. The van der Waals surface area contributed by atoms with E-state index in [4.69, 9.17) is 22.3 Å². The first-order chi connectivity index (χ1) is 14.4. The average Bonchev–Trinajstić information content (AvgIpc) is 2.72. The van der Waals surface area contributed by atoms with Gasteiger partial charge in [0.15, 0.2) is 5.16 Å². The number of carbonyl (C=O) groups excluding carboxylic acids is 1. The van der Waals surface area contributed by atoms with Gasteiger partial charge in [0.1, 0.15) is 0 Å². The number of halogens is 1. The van der Waals surface area contributed by atoms with Crippen LogP contribution in [-0.2, 0) is 5.75 Å². The van der Waals surface area contributed by atoms with Gasteiger partial charge in [-0.25, -0.2) is 4.98 Å². The molecule has 0 aliphatic carbocycles. The van der Waals surface area contributed by atoms with E-state index in [1.807, 2.05) is 43.3 Å². The Morgan fingerprint density at radius 3 is 2.57 bits per heavy atom. The number of rotatable bonds is 5. The van der Waals surface area contributed by atoms with Crippen molar-refractivity contribution in [2.75, 3.05) is 0 Å². The molecule has 0 unspecified atom stereocenters. The Kier molecular flexibility index (Phi) is 5.61. The highest BCUT2D eigenvalue weighted by atomic mass is 35.5. The van der Waals surface area contributed by atoms with E-state index in [1.165, 1.54) is 11.8 Å². The van der Waals surface area contributed by atoms with Gasteiger partial charge in [-0.3, -0.25) is 14.2 Å². The molecule has 30 heavy (non-hydrogen) atoms. The lowest BCUT2D eigenvalue weighted by molar-refractivity contribution is 0.100. The van der Waals surface area contributed by atoms with E-state index in [1.54, 1.807) is 34.9 Å². The summed E-state index contributed by atoms with van der Waals surface area (Å²) in [6.45, 7) is 1.98. The van der Waals surface area contributed by atoms with Gasteiger partial charge in [0.25, 0.3) is 5.56 Å². The summed E-state index contributed by atoms with van der Waals surface area (Å²) in [5.74, 6) is 0.110. The predicted molar refractivity (Wildman–Crippen MR) is 122 cm³/mol. The second kappa shape index (κ2) is 8.34. The number of hydrogen-bond donors (Lipinski definition) is 1. The van der Waals surface area contributed by atoms with E-state index in [2.05, 4.69) is 0 Å². The summed E-state index contributed by atoms with van der Waals surface area (Å²) in [5.41, 5.74) is 8.97. The number of aromatic nitrogens is 2. The van der Waals surface area contributed by atoms with Crippen molar-refractivity contribution in [3.05, 3.63) is 98.8 Å². The zero-order valence-corrected chi connectivity index (χ0v) is 17.7. The molecule has 0 spiro atoms. The molecule has 0 saturated heterocycles. The normalized spacial score (nSPS) is 11.0. The maximum Gasteiger partial charge on any atom is 0.266 e. The third-order valence-electron chi connectivity index (χ3n) is 4.67. The highest BCUT2D eigenvalue weighted by Crippen LogP contribution is 2.26. The fourth-order valence-corrected chi connectivity index (χ4v) is 4.28. The molecule has 0 aliphatic heterocycles. The zero-order valence-electron chi connectivity index (χ0n) is 16.1. The maximum absolute atomic E-state index is 13.3. The number of amides is 1. The number of benzene rings is 3. The van der Waals surface area contributed by atoms with Crippen molar-refractivity contribution in [3.63, 3.8) is 0 Å². The number of carbonyl (C=O) groups is 1. The van der Waals surface area contributed by atoms with Crippen LogP contribution in [0.15, 0.2) is 76.7 Å². The summed E-state index contributed by atoms with van der Waals surface area (Å²) >= 11 is 7.56. The molecular weight excluding hydrogens is 418 g/mol. The second-order valence-electron chi connectivity index (χ2n) is 6.89. The minimum Gasteiger partial charge on any atom is -0.366 e. The van der Waals surface area contributed by atoms with Crippen LogP contribution in [-0.4, -0.2) is 15.5 Å². The van der Waals surface area contributed by atoms with Crippen LogP contribution in [0, 0.1) is 6.92 Å². The quantitative estimate of drug-likeness (QED) is 0.363. The van der Waals surface area contributed by atoms with E-state index in [0.717, 1.165) is 16.8 Å². The van der Waals surface area contributed by atoms with E-state index in [0.29, 0.717) is 32.4 Å². The third kappa shape index (κ3) is 4.10. The van der Waals surface area contributed by atoms with Gasteiger partial charge in [-0.2, -0.15) is 0 Å². The molecule has 1 heterocycles. The third-order valence-corrected chi connectivity index (χ3v) is 5.91. The van der Waals surface area contributed by atoms with Gasteiger partial charge >= 0.3 is 0 Å². The summed E-state index contributed by atoms with van der Waals surface area (Å²) < 4.78 is 1.63. The van der Waals surface area contributed by atoms with Gasteiger partial charge < -0.3 is 5.73 Å². The average molecular weight is 436 g/mol. The van der Waals surface area contributed by atoms with Gasteiger partial charge in [-0.05, 0) is 60.5 Å². The first kappa shape index (κ1) is 20.2. The Hall–Kier alpha value is -3.09. The molecule has 0 fully saturated rings. The van der Waals surface area contributed by atoms with Gasteiger partial charge in [-0.15, -0.1) is 0 Å². The number of thioether (sulfide) groups is 1. The molecule has 2 N–H and O–H groups in total. The van der Waals surface area contributed by atoms with Crippen LogP contribution in [0.5, 0.6) is 0 Å². The van der Waals surface area contributed by atoms with Crippen molar-refractivity contribution in [1.29, 1.82) is 0 Å². The van der Waals surface area contributed by atoms with Crippen LogP contribution >= 0.6 is 23.4 Å². The highest BCUT2D eigenvalue weighted by molar-refractivity contribution is 7.98. The van der Waals surface area contributed by atoms with Crippen LogP contribution in [0.25, 0.3) is 16.6 Å². The molecule has 4 rings (SSSR count). The SMILES string of the molecule is Cc1cccc(-n2c(SCc3ccc(C(N)=O)cc3)nc3cc(Cl)ccc3c2=O)c1. The second-order valence-corrected chi connectivity index (χ2v) is 8.26. The Labute approximate surface area is 182 Å². The van der Waals surface area contributed by atoms with Gasteiger partial charge in [0.05, 0.1) is 16.6 Å². The Morgan fingerprint density at radius 1 is 1.10 bits per heavy atom. The Morgan fingerprint density at radius 2 is 1.87 bits per heavy atom. The lowest BCUT2D eigenvalue weighted by Crippen LogP contribution is -2.21. The largest absolute Gasteiger partial charge is 0.366 e. The molecule has 0 aliphatic rings. The molecule has 0 bridgehead atoms. The van der Waals surface area contributed by atoms with Crippen LogP contribution < -0.4 is 11.3 Å². The molecular formula is C23H18ClN3O2S. The Balaban J connectivity index is 1.79. The lowest BCUT2D eigenvalue weighted by Gasteiger charge is -2.14. The van der Waals surface area contributed by atoms with E-state index >= 15 is 0 Å². The standard InChI is InChI=1S/C23H18ClN3O2S/c1-14-3-2-4-18(11-14)27-22(29)19-10-9-17(24)12-20(19)26-23(27)30-13-15-5-7-16(8-6-15)21(25)28/h2-12H,13H2,1H3,(H2,25,28). The molecule has 0 radical (unpaired) electrons. The number of primary amides is 1. The number of nitrogens with zero attached hydrogens (tertiary/aromatic N) is 2. The van der Waals surface area contributed by atoms with Crippen molar-refractivity contribution in [3.8, 4) is 5.69 Å². The van der Waals surface area contributed by atoms with E-state index in [9.17, 15) is 9.59 Å². The highest BCUT2D eigenvalue weighted by Gasteiger charge is 2.14. The minimum atomic E-state index is -0.462. The first-order valence-corrected chi connectivity index (χ1v) is 10.6. The molecule has 1 amide bonds. The van der Waals surface area contributed by atoms with Crippen molar-refractivity contribution >= 4 is 40.2 Å². The summed E-state index contributed by atoms with van der Waals surface area (Å²) in [4.78, 5) is 29.3. The molecule has 4 aromatic rings. The fraction of sp³-hybridized carbons (Fsp3) is 0.0870. The molecule has 0 atom stereocenters. The smallest absolute Gasteiger partial charge is 0.266 e. The summed E-state index contributed by atoms with van der Waals surface area (Å²) in [7, 11) is 0. The molecule has 3 aromatic carbocycles. The van der Waals surface area contributed by atoms with Gasteiger partial charge in [-0.1, -0.05) is 47.6 Å². The molecule has 5 nitrogen and oxygen atoms in total. The lowest BCUT2D eigenvalue weighted by atomic mass is 10.1.